The normalized spacial score (nSPS) is 11.8. The molecule has 3 aromatic rings. The van der Waals surface area contributed by atoms with Crippen molar-refractivity contribution >= 4 is 17.6 Å². The predicted octanol–water partition coefficient (Wildman–Crippen LogP) is 5.05. The molecule has 156 valence electrons. The Bertz CT molecular complexity index is 955. The number of rotatable bonds is 9. The zero-order chi connectivity index (χ0) is 21.3. The minimum atomic E-state index is -0.580. The van der Waals surface area contributed by atoms with Gasteiger partial charge in [0, 0.05) is 11.6 Å². The first-order valence-electron chi connectivity index (χ1n) is 10.1. The van der Waals surface area contributed by atoms with Gasteiger partial charge in [0.1, 0.15) is 0 Å². The smallest absolute Gasteiger partial charge is 0.338 e. The third-order valence-corrected chi connectivity index (χ3v) is 5.08. The first-order chi connectivity index (χ1) is 14.6. The molecule has 0 amide bonds. The Kier molecular flexibility index (Phi) is 8.03. The molecule has 0 fully saturated rings. The van der Waals surface area contributed by atoms with Crippen LogP contribution >= 0.6 is 11.6 Å². The summed E-state index contributed by atoms with van der Waals surface area (Å²) in [5.74, 6) is -0.299. The molecule has 30 heavy (non-hydrogen) atoms. The van der Waals surface area contributed by atoms with Crippen molar-refractivity contribution in [2.24, 2.45) is 0 Å². The SMILES string of the molecule is CCOC(=O)c1ccc(-c2ccc(CCNCC(O)c3cccc(Cl)c3)cc2)cc1. The predicted molar refractivity (Wildman–Crippen MR) is 121 cm³/mol. The van der Waals surface area contributed by atoms with Crippen LogP contribution in [0.5, 0.6) is 0 Å². The van der Waals surface area contributed by atoms with Crippen molar-refractivity contribution in [1.82, 2.24) is 5.32 Å². The van der Waals surface area contributed by atoms with E-state index in [4.69, 9.17) is 16.3 Å². The van der Waals surface area contributed by atoms with Gasteiger partial charge in [-0.15, -0.1) is 0 Å². The van der Waals surface area contributed by atoms with Crippen molar-refractivity contribution < 1.29 is 14.6 Å². The van der Waals surface area contributed by atoms with Crippen molar-refractivity contribution in [3.8, 4) is 11.1 Å². The lowest BCUT2D eigenvalue weighted by Crippen LogP contribution is -2.23. The summed E-state index contributed by atoms with van der Waals surface area (Å²) in [4.78, 5) is 11.8. The summed E-state index contributed by atoms with van der Waals surface area (Å²) in [6.07, 6.45) is 0.285. The fourth-order valence-corrected chi connectivity index (χ4v) is 3.38. The third-order valence-electron chi connectivity index (χ3n) is 4.84. The summed E-state index contributed by atoms with van der Waals surface area (Å²) in [5, 5.41) is 14.2. The molecular weight excluding hydrogens is 398 g/mol. The highest BCUT2D eigenvalue weighted by molar-refractivity contribution is 6.30. The monoisotopic (exact) mass is 423 g/mol. The van der Waals surface area contributed by atoms with Crippen LogP contribution in [0, 0.1) is 0 Å². The standard InChI is InChI=1S/C25H26ClNO3/c1-2-30-25(29)21-12-10-20(11-13-21)19-8-6-18(7-9-19)14-15-27-17-24(28)22-4-3-5-23(26)16-22/h3-13,16,24,27-28H,2,14-15,17H2,1H3. The van der Waals surface area contributed by atoms with Gasteiger partial charge in [-0.1, -0.05) is 60.1 Å². The summed E-state index contributed by atoms with van der Waals surface area (Å²) < 4.78 is 5.01. The zero-order valence-corrected chi connectivity index (χ0v) is 17.7. The molecule has 0 saturated carbocycles. The van der Waals surface area contributed by atoms with Crippen molar-refractivity contribution in [3.05, 3.63) is 94.5 Å². The highest BCUT2D eigenvalue weighted by Crippen LogP contribution is 2.21. The lowest BCUT2D eigenvalue weighted by Gasteiger charge is -2.12. The Morgan fingerprint density at radius 1 is 1.03 bits per heavy atom. The van der Waals surface area contributed by atoms with Gasteiger partial charge in [0.15, 0.2) is 0 Å². The van der Waals surface area contributed by atoms with Gasteiger partial charge >= 0.3 is 5.97 Å². The number of nitrogens with one attached hydrogen (secondary N) is 1. The fraction of sp³-hybridized carbons (Fsp3) is 0.240. The minimum absolute atomic E-state index is 0.299. The summed E-state index contributed by atoms with van der Waals surface area (Å²) in [7, 11) is 0. The largest absolute Gasteiger partial charge is 0.462 e. The number of benzene rings is 3. The van der Waals surface area contributed by atoms with Crippen LogP contribution < -0.4 is 5.32 Å². The van der Waals surface area contributed by atoms with E-state index in [9.17, 15) is 9.90 Å². The van der Waals surface area contributed by atoms with E-state index in [0.717, 1.165) is 29.7 Å². The number of ether oxygens (including phenoxy) is 1. The summed E-state index contributed by atoms with van der Waals surface area (Å²) in [6, 6.07) is 23.1. The van der Waals surface area contributed by atoms with Crippen LogP contribution in [0.25, 0.3) is 11.1 Å². The fourth-order valence-electron chi connectivity index (χ4n) is 3.18. The van der Waals surface area contributed by atoms with Crippen molar-refractivity contribution in [1.29, 1.82) is 0 Å². The van der Waals surface area contributed by atoms with Crippen molar-refractivity contribution in [2.45, 2.75) is 19.4 Å². The number of carbonyl (C=O) groups excluding carboxylic acids is 1. The maximum Gasteiger partial charge on any atom is 0.338 e. The molecule has 3 rings (SSSR count). The maximum absolute atomic E-state index is 11.8. The Morgan fingerprint density at radius 2 is 1.70 bits per heavy atom. The van der Waals surface area contributed by atoms with Crippen LogP contribution in [-0.4, -0.2) is 30.8 Å². The molecule has 0 spiro atoms. The number of hydrogen-bond acceptors (Lipinski definition) is 4. The topological polar surface area (TPSA) is 58.6 Å². The average molecular weight is 424 g/mol. The highest BCUT2D eigenvalue weighted by Gasteiger charge is 2.08. The number of carbonyl (C=O) groups is 1. The van der Waals surface area contributed by atoms with Crippen LogP contribution in [0.3, 0.4) is 0 Å². The third kappa shape index (κ3) is 6.17. The summed E-state index contributed by atoms with van der Waals surface area (Å²) in [5.41, 5.74) is 4.74. The van der Waals surface area contributed by atoms with Gasteiger partial charge in [-0.2, -0.15) is 0 Å². The second-order valence-corrected chi connectivity index (χ2v) is 7.46. The average Bonchev–Trinajstić information content (AvgIpc) is 2.77. The number of aliphatic hydroxyl groups excluding tert-OH is 1. The molecule has 0 bridgehead atoms. The molecule has 0 aliphatic rings. The number of aliphatic hydroxyl groups is 1. The number of hydrogen-bond donors (Lipinski definition) is 2. The molecule has 0 saturated heterocycles. The van der Waals surface area contributed by atoms with E-state index in [2.05, 4.69) is 29.6 Å². The molecule has 0 aromatic heterocycles. The van der Waals surface area contributed by atoms with Crippen LogP contribution in [-0.2, 0) is 11.2 Å². The zero-order valence-electron chi connectivity index (χ0n) is 17.0. The van der Waals surface area contributed by atoms with Crippen molar-refractivity contribution in [3.63, 3.8) is 0 Å². The first-order valence-corrected chi connectivity index (χ1v) is 10.5. The summed E-state index contributed by atoms with van der Waals surface area (Å²) in [6.45, 7) is 3.41. The first kappa shape index (κ1) is 22.0. The van der Waals surface area contributed by atoms with Crippen LogP contribution in [0.1, 0.15) is 34.5 Å². The Hall–Kier alpha value is -2.66. The van der Waals surface area contributed by atoms with Crippen LogP contribution in [0.15, 0.2) is 72.8 Å². The van der Waals surface area contributed by atoms with Crippen LogP contribution in [0.2, 0.25) is 5.02 Å². The Morgan fingerprint density at radius 3 is 2.33 bits per heavy atom. The second-order valence-electron chi connectivity index (χ2n) is 7.02. The highest BCUT2D eigenvalue weighted by atomic mass is 35.5. The van der Waals surface area contributed by atoms with E-state index in [0.29, 0.717) is 23.7 Å². The molecule has 0 aliphatic carbocycles. The van der Waals surface area contributed by atoms with Gasteiger partial charge in [-0.25, -0.2) is 4.79 Å². The van der Waals surface area contributed by atoms with E-state index in [-0.39, 0.29) is 5.97 Å². The van der Waals surface area contributed by atoms with Gasteiger partial charge in [0.25, 0.3) is 0 Å². The number of halogens is 1. The molecule has 1 atom stereocenters. The molecule has 4 nitrogen and oxygen atoms in total. The van der Waals surface area contributed by atoms with E-state index in [1.807, 2.05) is 24.3 Å². The van der Waals surface area contributed by atoms with Crippen molar-refractivity contribution in [2.75, 3.05) is 19.7 Å². The molecular formula is C25H26ClNO3. The van der Waals surface area contributed by atoms with Gasteiger partial charge in [0.2, 0.25) is 0 Å². The lowest BCUT2D eigenvalue weighted by molar-refractivity contribution is 0.0526. The van der Waals surface area contributed by atoms with Gasteiger partial charge in [-0.05, 0) is 66.4 Å². The molecule has 0 heterocycles. The van der Waals surface area contributed by atoms with Gasteiger partial charge < -0.3 is 15.2 Å². The quantitative estimate of drug-likeness (QED) is 0.373. The van der Waals surface area contributed by atoms with Gasteiger partial charge in [-0.3, -0.25) is 0 Å². The van der Waals surface area contributed by atoms with E-state index >= 15 is 0 Å². The number of esters is 1. The molecule has 0 radical (unpaired) electrons. The van der Waals surface area contributed by atoms with Gasteiger partial charge in [0.05, 0.1) is 18.3 Å². The molecule has 0 aliphatic heterocycles. The summed E-state index contributed by atoms with van der Waals surface area (Å²) >= 11 is 5.97. The molecule has 2 N–H and O–H groups in total. The Balaban J connectivity index is 1.48. The van der Waals surface area contributed by atoms with E-state index in [1.54, 1.807) is 31.2 Å². The van der Waals surface area contributed by atoms with E-state index in [1.165, 1.54) is 5.56 Å². The lowest BCUT2D eigenvalue weighted by atomic mass is 10.0. The van der Waals surface area contributed by atoms with Crippen LogP contribution in [0.4, 0.5) is 0 Å². The molecule has 3 aromatic carbocycles. The Labute approximate surface area is 182 Å². The second kappa shape index (κ2) is 10.9. The maximum atomic E-state index is 11.8. The minimum Gasteiger partial charge on any atom is -0.462 e. The van der Waals surface area contributed by atoms with E-state index < -0.39 is 6.10 Å². The molecule has 5 heteroatoms. The molecule has 1 unspecified atom stereocenters.